The van der Waals surface area contributed by atoms with Gasteiger partial charge in [0.05, 0.1) is 0 Å². The predicted molar refractivity (Wildman–Crippen MR) is 85.5 cm³/mol. The van der Waals surface area contributed by atoms with Gasteiger partial charge in [-0.1, -0.05) is 60.8 Å². The molecule has 2 aromatic carbocycles. The SMILES string of the molecule is CCc1cc2c(cc1C)Sc1c(cccc1CC)[B]2. The van der Waals surface area contributed by atoms with Crippen molar-refractivity contribution < 1.29 is 0 Å². The van der Waals surface area contributed by atoms with E-state index in [2.05, 4.69) is 58.4 Å². The van der Waals surface area contributed by atoms with Crippen LogP contribution in [0, 0.1) is 6.92 Å². The van der Waals surface area contributed by atoms with Gasteiger partial charge >= 0.3 is 0 Å². The Morgan fingerprint density at radius 1 is 1.00 bits per heavy atom. The monoisotopic (exact) mass is 265 g/mol. The molecule has 0 saturated heterocycles. The van der Waals surface area contributed by atoms with E-state index in [1.807, 2.05) is 11.8 Å². The van der Waals surface area contributed by atoms with Gasteiger partial charge in [0.1, 0.15) is 0 Å². The van der Waals surface area contributed by atoms with E-state index in [0.717, 1.165) is 12.8 Å². The third kappa shape index (κ3) is 2.23. The molecule has 2 heteroatoms. The standard InChI is InChI=1S/C17H18BS/c1-4-12-7-6-8-14-17(12)19-16-9-11(3)13(5-2)10-15(16)18-14/h6-10H,4-5H2,1-3H3. The number of aryl methyl sites for hydroxylation is 3. The number of hydrogen-bond acceptors (Lipinski definition) is 1. The molecular formula is C17H18BS. The molecule has 1 radical (unpaired) electrons. The first-order valence-electron chi connectivity index (χ1n) is 7.01. The molecule has 0 aliphatic carbocycles. The predicted octanol–water partition coefficient (Wildman–Crippen LogP) is 3.24. The van der Waals surface area contributed by atoms with Gasteiger partial charge in [0, 0.05) is 9.79 Å². The summed E-state index contributed by atoms with van der Waals surface area (Å²) < 4.78 is 0. The van der Waals surface area contributed by atoms with Crippen molar-refractivity contribution in [1.29, 1.82) is 0 Å². The molecule has 1 aliphatic rings. The van der Waals surface area contributed by atoms with Crippen LogP contribution in [0.2, 0.25) is 0 Å². The maximum Gasteiger partial charge on any atom is 0.194 e. The van der Waals surface area contributed by atoms with Gasteiger partial charge in [-0.25, -0.2) is 0 Å². The minimum atomic E-state index is 1.10. The summed E-state index contributed by atoms with van der Waals surface area (Å²) in [5.41, 5.74) is 7.10. The van der Waals surface area contributed by atoms with Gasteiger partial charge < -0.3 is 0 Å². The van der Waals surface area contributed by atoms with Gasteiger partial charge in [0.25, 0.3) is 0 Å². The smallest absolute Gasteiger partial charge is 0.0910 e. The topological polar surface area (TPSA) is 0 Å². The molecule has 0 aromatic heterocycles. The molecule has 1 heterocycles. The molecule has 0 nitrogen and oxygen atoms in total. The zero-order valence-corrected chi connectivity index (χ0v) is 12.6. The third-order valence-electron chi connectivity index (χ3n) is 3.88. The molecule has 0 fully saturated rings. The van der Waals surface area contributed by atoms with Crippen LogP contribution in [0.4, 0.5) is 0 Å². The lowest BCUT2D eigenvalue weighted by atomic mass is 9.62. The molecule has 0 atom stereocenters. The minimum absolute atomic E-state index is 1.10. The fraction of sp³-hybridized carbons (Fsp3) is 0.294. The number of benzene rings is 2. The lowest BCUT2D eigenvalue weighted by Crippen LogP contribution is -2.34. The van der Waals surface area contributed by atoms with E-state index in [4.69, 9.17) is 0 Å². The van der Waals surface area contributed by atoms with Gasteiger partial charge in [-0.2, -0.15) is 0 Å². The van der Waals surface area contributed by atoms with Crippen LogP contribution in [0.3, 0.4) is 0 Å². The first-order valence-corrected chi connectivity index (χ1v) is 7.82. The summed E-state index contributed by atoms with van der Waals surface area (Å²) in [4.78, 5) is 2.85. The van der Waals surface area contributed by atoms with Crippen molar-refractivity contribution >= 4 is 30.0 Å². The molecule has 0 unspecified atom stereocenters. The van der Waals surface area contributed by atoms with Crippen LogP contribution in [0.15, 0.2) is 40.1 Å². The fourth-order valence-corrected chi connectivity index (χ4v) is 4.01. The second-order valence-electron chi connectivity index (χ2n) is 5.11. The van der Waals surface area contributed by atoms with Gasteiger partial charge in [0.15, 0.2) is 7.28 Å². The van der Waals surface area contributed by atoms with E-state index in [1.54, 1.807) is 0 Å². The molecule has 95 valence electrons. The zero-order valence-electron chi connectivity index (χ0n) is 11.8. The minimum Gasteiger partial charge on any atom is -0.0910 e. The van der Waals surface area contributed by atoms with E-state index < -0.39 is 0 Å². The highest BCUT2D eigenvalue weighted by atomic mass is 32.2. The van der Waals surface area contributed by atoms with Crippen LogP contribution in [-0.4, -0.2) is 7.28 Å². The summed E-state index contributed by atoms with van der Waals surface area (Å²) in [7, 11) is 2.35. The Balaban J connectivity index is 2.09. The molecule has 19 heavy (non-hydrogen) atoms. The first-order chi connectivity index (χ1) is 9.22. The summed E-state index contributed by atoms with van der Waals surface area (Å²) in [6.45, 7) is 6.69. The molecule has 0 bridgehead atoms. The second-order valence-corrected chi connectivity index (χ2v) is 6.16. The first kappa shape index (κ1) is 12.9. The van der Waals surface area contributed by atoms with E-state index in [0.29, 0.717) is 0 Å². The van der Waals surface area contributed by atoms with Gasteiger partial charge in [-0.05, 0) is 42.5 Å². The Kier molecular flexibility index (Phi) is 3.45. The lowest BCUT2D eigenvalue weighted by molar-refractivity contribution is 1.08. The lowest BCUT2D eigenvalue weighted by Gasteiger charge is -2.22. The van der Waals surface area contributed by atoms with Crippen LogP contribution < -0.4 is 10.9 Å². The summed E-state index contributed by atoms with van der Waals surface area (Å²) in [5, 5.41) is 0. The summed E-state index contributed by atoms with van der Waals surface area (Å²) in [6, 6.07) is 11.4. The normalized spacial score (nSPS) is 12.6. The van der Waals surface area contributed by atoms with Crippen molar-refractivity contribution in [3.8, 4) is 0 Å². The molecule has 2 aromatic rings. The van der Waals surface area contributed by atoms with Crippen molar-refractivity contribution in [2.45, 2.75) is 43.4 Å². The highest BCUT2D eigenvalue weighted by molar-refractivity contribution is 8.00. The van der Waals surface area contributed by atoms with Crippen molar-refractivity contribution in [1.82, 2.24) is 0 Å². The molecule has 0 amide bonds. The van der Waals surface area contributed by atoms with Crippen LogP contribution in [0.5, 0.6) is 0 Å². The van der Waals surface area contributed by atoms with Crippen molar-refractivity contribution in [3.63, 3.8) is 0 Å². The third-order valence-corrected chi connectivity index (χ3v) is 5.16. The van der Waals surface area contributed by atoms with E-state index >= 15 is 0 Å². The van der Waals surface area contributed by atoms with Gasteiger partial charge in [-0.15, -0.1) is 0 Å². The van der Waals surface area contributed by atoms with Crippen molar-refractivity contribution in [2.75, 3.05) is 0 Å². The van der Waals surface area contributed by atoms with Crippen molar-refractivity contribution in [3.05, 3.63) is 47.0 Å². The fourth-order valence-electron chi connectivity index (χ4n) is 2.73. The summed E-state index contributed by atoms with van der Waals surface area (Å²) >= 11 is 1.94. The van der Waals surface area contributed by atoms with Gasteiger partial charge in [-0.3, -0.25) is 0 Å². The largest absolute Gasteiger partial charge is 0.194 e. The Labute approximate surface area is 120 Å². The summed E-state index contributed by atoms with van der Waals surface area (Å²) in [5.74, 6) is 0. The Hall–Kier alpha value is -1.15. The summed E-state index contributed by atoms with van der Waals surface area (Å²) in [6.07, 6.45) is 2.21. The number of fused-ring (bicyclic) bond motifs is 2. The van der Waals surface area contributed by atoms with Crippen LogP contribution in [0.25, 0.3) is 0 Å². The van der Waals surface area contributed by atoms with Crippen LogP contribution >= 0.6 is 11.8 Å². The number of hydrogen-bond donors (Lipinski definition) is 0. The molecule has 1 aliphatic heterocycles. The highest BCUT2D eigenvalue weighted by Crippen LogP contribution is 2.32. The molecule has 3 rings (SSSR count). The van der Waals surface area contributed by atoms with Crippen LogP contribution in [-0.2, 0) is 12.8 Å². The second kappa shape index (κ2) is 5.09. The Bertz CT molecular complexity index is 631. The zero-order chi connectivity index (χ0) is 13.4. The Morgan fingerprint density at radius 2 is 1.79 bits per heavy atom. The van der Waals surface area contributed by atoms with Crippen LogP contribution in [0.1, 0.15) is 30.5 Å². The van der Waals surface area contributed by atoms with E-state index in [1.165, 1.54) is 37.4 Å². The maximum atomic E-state index is 2.36. The highest BCUT2D eigenvalue weighted by Gasteiger charge is 2.20. The Morgan fingerprint density at radius 3 is 2.53 bits per heavy atom. The molecule has 0 N–H and O–H groups in total. The van der Waals surface area contributed by atoms with Crippen molar-refractivity contribution in [2.24, 2.45) is 0 Å². The molecule has 0 spiro atoms. The molecular weight excluding hydrogens is 247 g/mol. The average molecular weight is 265 g/mol. The maximum absolute atomic E-state index is 2.36. The quantitative estimate of drug-likeness (QED) is 0.641. The van der Waals surface area contributed by atoms with Gasteiger partial charge in [0.2, 0.25) is 0 Å². The number of rotatable bonds is 2. The molecule has 0 saturated carbocycles. The van der Waals surface area contributed by atoms with E-state index in [-0.39, 0.29) is 0 Å². The van der Waals surface area contributed by atoms with E-state index in [9.17, 15) is 0 Å². The average Bonchev–Trinajstić information content (AvgIpc) is 2.43.